The Labute approximate surface area is 163 Å². The summed E-state index contributed by atoms with van der Waals surface area (Å²) < 4.78 is 10.6. The molecular weight excluding hydrogens is 362 g/mol. The zero-order valence-corrected chi connectivity index (χ0v) is 15.9. The summed E-state index contributed by atoms with van der Waals surface area (Å²) >= 11 is 0. The Morgan fingerprint density at radius 2 is 1.79 bits per heavy atom. The number of hydrogen-bond donors (Lipinski definition) is 1. The fourth-order valence-electron chi connectivity index (χ4n) is 3.27. The molecule has 0 saturated carbocycles. The van der Waals surface area contributed by atoms with Crippen molar-refractivity contribution in [3.8, 4) is 11.5 Å². The predicted octanol–water partition coefficient (Wildman–Crippen LogP) is 3.33. The van der Waals surface area contributed by atoms with Gasteiger partial charge in [-0.05, 0) is 37.1 Å². The molecule has 1 aliphatic rings. The van der Waals surface area contributed by atoms with Crippen molar-refractivity contribution in [1.82, 2.24) is 4.90 Å². The SMILES string of the molecule is COc1ccc(NC2CCN(C(=O)c3ccc([N+](=O)[O-])cc3)CC2)c(OC)c1. The fraction of sp³-hybridized carbons (Fsp3) is 0.350. The highest BCUT2D eigenvalue weighted by molar-refractivity contribution is 5.94. The molecule has 1 aliphatic heterocycles. The maximum absolute atomic E-state index is 12.6. The van der Waals surface area contributed by atoms with Crippen LogP contribution in [0.15, 0.2) is 42.5 Å². The molecule has 28 heavy (non-hydrogen) atoms. The number of nitrogens with zero attached hydrogens (tertiary/aromatic N) is 2. The van der Waals surface area contributed by atoms with Crippen molar-refractivity contribution in [3.05, 3.63) is 58.1 Å². The molecule has 0 aliphatic carbocycles. The second kappa shape index (κ2) is 8.60. The molecule has 0 radical (unpaired) electrons. The molecule has 1 fully saturated rings. The highest BCUT2D eigenvalue weighted by Gasteiger charge is 2.24. The number of carbonyl (C=O) groups excluding carboxylic acids is 1. The van der Waals surface area contributed by atoms with Gasteiger partial charge in [0, 0.05) is 42.9 Å². The largest absolute Gasteiger partial charge is 0.497 e. The molecule has 0 unspecified atom stereocenters. The van der Waals surface area contributed by atoms with Crippen molar-refractivity contribution in [2.45, 2.75) is 18.9 Å². The predicted molar refractivity (Wildman–Crippen MR) is 105 cm³/mol. The topological polar surface area (TPSA) is 93.9 Å². The van der Waals surface area contributed by atoms with Crippen molar-refractivity contribution in [3.63, 3.8) is 0 Å². The summed E-state index contributed by atoms with van der Waals surface area (Å²) in [7, 11) is 3.23. The molecule has 148 valence electrons. The lowest BCUT2D eigenvalue weighted by molar-refractivity contribution is -0.384. The van der Waals surface area contributed by atoms with E-state index in [0.29, 0.717) is 24.4 Å². The summed E-state index contributed by atoms with van der Waals surface area (Å²) in [6, 6.07) is 11.6. The van der Waals surface area contributed by atoms with Gasteiger partial charge in [-0.2, -0.15) is 0 Å². The van der Waals surface area contributed by atoms with E-state index in [-0.39, 0.29) is 17.6 Å². The van der Waals surface area contributed by atoms with E-state index in [1.54, 1.807) is 19.1 Å². The third kappa shape index (κ3) is 4.33. The Hall–Kier alpha value is -3.29. The number of nitro groups is 1. The van der Waals surface area contributed by atoms with Crippen LogP contribution in [0, 0.1) is 10.1 Å². The van der Waals surface area contributed by atoms with Crippen LogP contribution in [0.1, 0.15) is 23.2 Å². The first-order valence-corrected chi connectivity index (χ1v) is 9.04. The molecule has 1 amide bonds. The summed E-state index contributed by atoms with van der Waals surface area (Å²) in [6.07, 6.45) is 1.60. The minimum absolute atomic E-state index is 0.0205. The van der Waals surface area contributed by atoms with Crippen LogP contribution in [0.4, 0.5) is 11.4 Å². The van der Waals surface area contributed by atoms with Crippen molar-refractivity contribution in [2.24, 2.45) is 0 Å². The Bertz CT molecular complexity index is 845. The molecule has 2 aromatic rings. The Balaban J connectivity index is 1.58. The normalized spacial score (nSPS) is 14.4. The van der Waals surface area contributed by atoms with Crippen LogP contribution in [-0.2, 0) is 0 Å². The van der Waals surface area contributed by atoms with Gasteiger partial charge < -0.3 is 19.7 Å². The first kappa shape index (κ1) is 19.5. The van der Waals surface area contributed by atoms with Crippen LogP contribution < -0.4 is 14.8 Å². The molecule has 0 atom stereocenters. The molecule has 0 bridgehead atoms. The summed E-state index contributed by atoms with van der Waals surface area (Å²) in [5.41, 5.74) is 1.34. The van der Waals surface area contributed by atoms with Gasteiger partial charge in [0.25, 0.3) is 11.6 Å². The van der Waals surface area contributed by atoms with Gasteiger partial charge in [-0.25, -0.2) is 0 Å². The van der Waals surface area contributed by atoms with E-state index in [0.717, 1.165) is 24.3 Å². The number of non-ortho nitro benzene ring substituents is 1. The number of ether oxygens (including phenoxy) is 2. The molecular formula is C20H23N3O5. The maximum atomic E-state index is 12.6. The highest BCUT2D eigenvalue weighted by Crippen LogP contribution is 2.31. The maximum Gasteiger partial charge on any atom is 0.269 e. The van der Waals surface area contributed by atoms with Gasteiger partial charge in [-0.15, -0.1) is 0 Å². The summed E-state index contributed by atoms with van der Waals surface area (Å²) in [5, 5.41) is 14.2. The summed E-state index contributed by atoms with van der Waals surface area (Å²) in [5.74, 6) is 1.34. The van der Waals surface area contributed by atoms with Crippen molar-refractivity contribution in [1.29, 1.82) is 0 Å². The number of anilines is 1. The zero-order valence-electron chi connectivity index (χ0n) is 15.9. The number of rotatable bonds is 6. The quantitative estimate of drug-likeness (QED) is 0.605. The number of nitro benzene ring substituents is 1. The van der Waals surface area contributed by atoms with Crippen LogP contribution in [-0.4, -0.2) is 49.1 Å². The molecule has 1 N–H and O–H groups in total. The number of benzene rings is 2. The van der Waals surface area contributed by atoms with Crippen LogP contribution in [0.3, 0.4) is 0 Å². The average molecular weight is 385 g/mol. The van der Waals surface area contributed by atoms with Crippen LogP contribution in [0.2, 0.25) is 0 Å². The van der Waals surface area contributed by atoms with E-state index in [4.69, 9.17) is 9.47 Å². The minimum atomic E-state index is -0.473. The average Bonchev–Trinajstić information content (AvgIpc) is 2.74. The van der Waals surface area contributed by atoms with E-state index in [1.165, 1.54) is 24.3 Å². The number of piperidine rings is 1. The molecule has 0 spiro atoms. The van der Waals surface area contributed by atoms with Gasteiger partial charge in [-0.3, -0.25) is 14.9 Å². The lowest BCUT2D eigenvalue weighted by Crippen LogP contribution is -2.42. The first-order valence-electron chi connectivity index (χ1n) is 9.04. The van der Waals surface area contributed by atoms with Gasteiger partial charge in [0.15, 0.2) is 0 Å². The van der Waals surface area contributed by atoms with Gasteiger partial charge in [0.05, 0.1) is 24.8 Å². The lowest BCUT2D eigenvalue weighted by Gasteiger charge is -2.33. The number of likely N-dealkylation sites (tertiary alicyclic amines) is 1. The minimum Gasteiger partial charge on any atom is -0.497 e. The molecule has 0 aromatic heterocycles. The Kier molecular flexibility index (Phi) is 5.98. The summed E-state index contributed by atoms with van der Waals surface area (Å²) in [4.78, 5) is 24.7. The van der Waals surface area contributed by atoms with Gasteiger partial charge in [-0.1, -0.05) is 0 Å². The number of carbonyl (C=O) groups is 1. The molecule has 1 saturated heterocycles. The van der Waals surface area contributed by atoms with E-state index < -0.39 is 4.92 Å². The lowest BCUT2D eigenvalue weighted by atomic mass is 10.0. The molecule has 1 heterocycles. The van der Waals surface area contributed by atoms with Crippen LogP contribution in [0.5, 0.6) is 11.5 Å². The molecule has 8 heteroatoms. The van der Waals surface area contributed by atoms with Crippen molar-refractivity contribution >= 4 is 17.3 Å². The molecule has 8 nitrogen and oxygen atoms in total. The second-order valence-electron chi connectivity index (χ2n) is 6.58. The standard InChI is InChI=1S/C20H23N3O5/c1-27-17-7-8-18(19(13-17)28-2)21-15-9-11-22(12-10-15)20(24)14-3-5-16(6-4-14)23(25)26/h3-8,13,15,21H,9-12H2,1-2H3. The highest BCUT2D eigenvalue weighted by atomic mass is 16.6. The number of hydrogen-bond acceptors (Lipinski definition) is 6. The van der Waals surface area contributed by atoms with E-state index >= 15 is 0 Å². The monoisotopic (exact) mass is 385 g/mol. The van der Waals surface area contributed by atoms with E-state index in [1.807, 2.05) is 18.2 Å². The van der Waals surface area contributed by atoms with E-state index in [2.05, 4.69) is 5.32 Å². The van der Waals surface area contributed by atoms with Gasteiger partial charge >= 0.3 is 0 Å². The first-order chi connectivity index (χ1) is 13.5. The molecule has 3 rings (SSSR count). The Morgan fingerprint density at radius 1 is 1.11 bits per heavy atom. The number of amides is 1. The van der Waals surface area contributed by atoms with Gasteiger partial charge in [0.2, 0.25) is 0 Å². The Morgan fingerprint density at radius 3 is 2.36 bits per heavy atom. The number of methoxy groups -OCH3 is 2. The van der Waals surface area contributed by atoms with Gasteiger partial charge in [0.1, 0.15) is 11.5 Å². The van der Waals surface area contributed by atoms with Crippen LogP contribution >= 0.6 is 0 Å². The van der Waals surface area contributed by atoms with Crippen molar-refractivity contribution in [2.75, 3.05) is 32.6 Å². The zero-order chi connectivity index (χ0) is 20.1. The fourth-order valence-corrected chi connectivity index (χ4v) is 3.27. The number of nitrogens with one attached hydrogen (secondary N) is 1. The van der Waals surface area contributed by atoms with Crippen molar-refractivity contribution < 1.29 is 19.2 Å². The smallest absolute Gasteiger partial charge is 0.269 e. The second-order valence-corrected chi connectivity index (χ2v) is 6.58. The van der Waals surface area contributed by atoms with Crippen LogP contribution in [0.25, 0.3) is 0 Å². The molecule has 2 aromatic carbocycles. The third-order valence-corrected chi connectivity index (χ3v) is 4.88. The summed E-state index contributed by atoms with van der Waals surface area (Å²) in [6.45, 7) is 1.23. The van der Waals surface area contributed by atoms with E-state index in [9.17, 15) is 14.9 Å². The third-order valence-electron chi connectivity index (χ3n) is 4.88.